The van der Waals surface area contributed by atoms with Crippen molar-refractivity contribution in [2.24, 2.45) is 0 Å². The van der Waals surface area contributed by atoms with Crippen molar-refractivity contribution in [1.29, 1.82) is 0 Å². The van der Waals surface area contributed by atoms with E-state index in [0.717, 1.165) is 37.6 Å². The van der Waals surface area contributed by atoms with Gasteiger partial charge in [0.1, 0.15) is 24.9 Å². The largest absolute Gasteiger partial charge is 0.497 e. The molecule has 1 heterocycles. The van der Waals surface area contributed by atoms with E-state index in [0.29, 0.717) is 17.7 Å². The van der Waals surface area contributed by atoms with E-state index in [2.05, 4.69) is 47.9 Å². The Morgan fingerprint density at radius 2 is 1.79 bits per heavy atom. The van der Waals surface area contributed by atoms with E-state index in [9.17, 15) is 0 Å². The molecule has 1 saturated heterocycles. The molecular weight excluding hydrogens is 370 g/mol. The van der Waals surface area contributed by atoms with Crippen LogP contribution in [0.3, 0.4) is 0 Å². The van der Waals surface area contributed by atoms with Gasteiger partial charge in [0.15, 0.2) is 5.11 Å². The van der Waals surface area contributed by atoms with Crippen LogP contribution in [0.5, 0.6) is 5.75 Å². The van der Waals surface area contributed by atoms with Crippen molar-refractivity contribution in [2.75, 3.05) is 33.4 Å². The molecule has 0 unspecified atom stereocenters. The van der Waals surface area contributed by atoms with Crippen molar-refractivity contribution in [2.45, 2.75) is 25.6 Å². The van der Waals surface area contributed by atoms with E-state index in [1.165, 1.54) is 10.5 Å². The Hall–Kier alpha value is -2.15. The number of nitrogens with one attached hydrogen (secondary N) is 3. The second kappa shape index (κ2) is 10.4. The Kier molecular flexibility index (Phi) is 7.65. The van der Waals surface area contributed by atoms with Crippen molar-refractivity contribution in [3.8, 4) is 5.75 Å². The molecule has 0 amide bonds. The average Bonchev–Trinajstić information content (AvgIpc) is 2.74. The molecule has 0 saturated carbocycles. The van der Waals surface area contributed by atoms with Gasteiger partial charge >= 0.3 is 0 Å². The fraction of sp³-hybridized carbons (Fsp3) is 0.409. The zero-order valence-electron chi connectivity index (χ0n) is 16.6. The lowest BCUT2D eigenvalue weighted by molar-refractivity contribution is -0.940. The molecule has 3 rings (SSSR count). The molecule has 0 aliphatic carbocycles. The molecule has 1 aliphatic heterocycles. The summed E-state index contributed by atoms with van der Waals surface area (Å²) in [6, 6.07) is 19.2. The molecule has 1 fully saturated rings. The molecule has 1 aliphatic rings. The van der Waals surface area contributed by atoms with Gasteiger partial charge in [-0.1, -0.05) is 42.5 Å². The summed E-state index contributed by atoms with van der Waals surface area (Å²) in [5, 5.41) is 7.50. The zero-order valence-corrected chi connectivity index (χ0v) is 17.4. The first-order valence-corrected chi connectivity index (χ1v) is 10.2. The monoisotopic (exact) mass is 400 g/mol. The first kappa shape index (κ1) is 20.6. The number of methoxy groups -OCH3 is 1. The predicted octanol–water partition coefficient (Wildman–Crippen LogP) is 1.70. The van der Waals surface area contributed by atoms with Crippen molar-refractivity contribution >= 4 is 17.3 Å². The van der Waals surface area contributed by atoms with Crippen LogP contribution in [0, 0.1) is 0 Å². The van der Waals surface area contributed by atoms with Gasteiger partial charge in [0.2, 0.25) is 0 Å². The van der Waals surface area contributed by atoms with Gasteiger partial charge in [-0.25, -0.2) is 0 Å². The van der Waals surface area contributed by atoms with Crippen molar-refractivity contribution in [1.82, 2.24) is 10.6 Å². The van der Waals surface area contributed by atoms with E-state index >= 15 is 0 Å². The summed E-state index contributed by atoms with van der Waals surface area (Å²) in [5.74, 6) is 0.859. The Bertz CT molecular complexity index is 733. The summed E-state index contributed by atoms with van der Waals surface area (Å²) in [7, 11) is 1.67. The van der Waals surface area contributed by atoms with E-state index in [1.54, 1.807) is 7.11 Å². The maximum absolute atomic E-state index is 5.57. The number of thiocarbonyl (C=S) groups is 1. The number of hydrogen-bond acceptors (Lipinski definition) is 3. The van der Waals surface area contributed by atoms with Gasteiger partial charge in [-0.05, 0) is 36.8 Å². The van der Waals surface area contributed by atoms with Crippen LogP contribution >= 0.6 is 12.2 Å². The smallest absolute Gasteiger partial charge is 0.167 e. The Morgan fingerprint density at radius 3 is 2.43 bits per heavy atom. The third-order valence-corrected chi connectivity index (χ3v) is 5.47. The van der Waals surface area contributed by atoms with Crippen LogP contribution in [-0.2, 0) is 11.3 Å². The first-order chi connectivity index (χ1) is 13.7. The predicted molar refractivity (Wildman–Crippen MR) is 116 cm³/mol. The summed E-state index contributed by atoms with van der Waals surface area (Å²) in [6.45, 7) is 6.54. The van der Waals surface area contributed by atoms with Gasteiger partial charge in [-0.2, -0.15) is 0 Å². The lowest BCUT2D eigenvalue weighted by Crippen LogP contribution is -3.15. The van der Waals surface area contributed by atoms with Crippen LogP contribution in [0.15, 0.2) is 54.6 Å². The maximum Gasteiger partial charge on any atom is 0.167 e. The minimum Gasteiger partial charge on any atom is -0.497 e. The van der Waals surface area contributed by atoms with E-state index in [1.807, 2.05) is 24.3 Å². The van der Waals surface area contributed by atoms with Gasteiger partial charge in [-0.3, -0.25) is 0 Å². The average molecular weight is 401 g/mol. The first-order valence-electron chi connectivity index (χ1n) is 9.82. The van der Waals surface area contributed by atoms with Crippen LogP contribution < -0.4 is 20.3 Å². The lowest BCUT2D eigenvalue weighted by atomic mass is 9.98. The SMILES string of the molecule is COc1ccc(CNC(=S)N[C@@H](C)[C@@H](c2ccccc2)[NH+]2CCOCC2)cc1. The lowest BCUT2D eigenvalue weighted by Gasteiger charge is -2.35. The number of ether oxygens (including phenoxy) is 2. The highest BCUT2D eigenvalue weighted by Crippen LogP contribution is 2.14. The van der Waals surface area contributed by atoms with Crippen LogP contribution in [0.1, 0.15) is 24.1 Å². The summed E-state index contributed by atoms with van der Waals surface area (Å²) in [6.07, 6.45) is 0. The third-order valence-electron chi connectivity index (χ3n) is 5.20. The molecule has 150 valence electrons. The van der Waals surface area contributed by atoms with E-state index in [-0.39, 0.29) is 6.04 Å². The standard InChI is InChI=1S/C22H29N3O2S/c1-17(24-22(28)23-16-18-8-10-20(26-2)11-9-18)21(19-6-4-3-5-7-19)25-12-14-27-15-13-25/h3-11,17,21H,12-16H2,1-2H3,(H2,23,24,28)/p+1/t17-,21-/m0/s1. The van der Waals surface area contributed by atoms with Crippen LogP contribution in [0.4, 0.5) is 0 Å². The number of hydrogen-bond donors (Lipinski definition) is 3. The number of benzene rings is 2. The van der Waals surface area contributed by atoms with Crippen molar-refractivity contribution < 1.29 is 14.4 Å². The minimum absolute atomic E-state index is 0.200. The third kappa shape index (κ3) is 5.67. The summed E-state index contributed by atoms with van der Waals surface area (Å²) < 4.78 is 10.8. The minimum atomic E-state index is 0.200. The molecule has 0 aromatic heterocycles. The maximum atomic E-state index is 5.57. The van der Waals surface area contributed by atoms with Gasteiger partial charge < -0.3 is 25.0 Å². The highest BCUT2D eigenvalue weighted by atomic mass is 32.1. The Labute approximate surface area is 173 Å². The topological polar surface area (TPSA) is 47.0 Å². The van der Waals surface area contributed by atoms with Crippen LogP contribution in [0.2, 0.25) is 0 Å². The number of morpholine rings is 1. The van der Waals surface area contributed by atoms with Crippen molar-refractivity contribution in [3.63, 3.8) is 0 Å². The van der Waals surface area contributed by atoms with E-state index in [4.69, 9.17) is 21.7 Å². The molecule has 0 bridgehead atoms. The molecular formula is C22H30N3O2S+. The molecule has 0 radical (unpaired) electrons. The quantitative estimate of drug-likeness (QED) is 0.618. The zero-order chi connectivity index (χ0) is 19.8. The number of rotatable bonds is 7. The van der Waals surface area contributed by atoms with Crippen LogP contribution in [0.25, 0.3) is 0 Å². The van der Waals surface area contributed by atoms with Crippen LogP contribution in [-0.4, -0.2) is 44.6 Å². The van der Waals surface area contributed by atoms with Gasteiger partial charge in [0.05, 0.1) is 26.4 Å². The highest BCUT2D eigenvalue weighted by Gasteiger charge is 2.31. The number of quaternary nitrogens is 1. The molecule has 5 nitrogen and oxygen atoms in total. The van der Waals surface area contributed by atoms with Gasteiger partial charge in [0, 0.05) is 12.1 Å². The molecule has 2 aromatic rings. The van der Waals surface area contributed by atoms with Crippen molar-refractivity contribution in [3.05, 3.63) is 65.7 Å². The summed E-state index contributed by atoms with van der Waals surface area (Å²) in [5.41, 5.74) is 2.49. The fourth-order valence-corrected chi connectivity index (χ4v) is 4.01. The second-order valence-electron chi connectivity index (χ2n) is 7.12. The Balaban J connectivity index is 1.60. The second-order valence-corrected chi connectivity index (χ2v) is 7.53. The molecule has 6 heteroatoms. The van der Waals surface area contributed by atoms with Gasteiger partial charge in [0.25, 0.3) is 0 Å². The molecule has 2 aromatic carbocycles. The summed E-state index contributed by atoms with van der Waals surface area (Å²) >= 11 is 5.57. The highest BCUT2D eigenvalue weighted by molar-refractivity contribution is 7.80. The van der Waals surface area contributed by atoms with E-state index < -0.39 is 0 Å². The Morgan fingerprint density at radius 1 is 1.11 bits per heavy atom. The molecule has 3 N–H and O–H groups in total. The fourth-order valence-electron chi connectivity index (χ4n) is 3.75. The molecule has 2 atom stereocenters. The molecule has 28 heavy (non-hydrogen) atoms. The molecule has 0 spiro atoms. The normalized spacial score (nSPS) is 16.8. The summed E-state index contributed by atoms with van der Waals surface area (Å²) in [4.78, 5) is 1.54. The van der Waals surface area contributed by atoms with Gasteiger partial charge in [-0.15, -0.1) is 0 Å².